The van der Waals surface area contributed by atoms with Crippen LogP contribution in [0.1, 0.15) is 38.0 Å². The van der Waals surface area contributed by atoms with E-state index < -0.39 is 0 Å². The minimum atomic E-state index is -0.0391. The normalized spacial score (nSPS) is 10.7. The molecule has 0 bridgehead atoms. The molecule has 2 amide bonds. The van der Waals surface area contributed by atoms with Gasteiger partial charge in [0, 0.05) is 25.9 Å². The second kappa shape index (κ2) is 10.4. The van der Waals surface area contributed by atoms with Gasteiger partial charge in [0.1, 0.15) is 5.76 Å². The topological polar surface area (TPSA) is 62.6 Å². The fraction of sp³-hybridized carbons (Fsp3) is 0.429. The number of benzene rings is 1. The third-order valence-corrected chi connectivity index (χ3v) is 4.05. The molecule has 0 aliphatic carbocycles. The molecule has 0 unspecified atom stereocenters. The predicted octanol–water partition coefficient (Wildman–Crippen LogP) is 3.40. The Morgan fingerprint density at radius 1 is 1.12 bits per heavy atom. The zero-order valence-corrected chi connectivity index (χ0v) is 15.6. The minimum Gasteiger partial charge on any atom is -0.467 e. The molecule has 5 heteroatoms. The second-order valence-electron chi connectivity index (χ2n) is 6.83. The molecule has 2 rings (SSSR count). The third-order valence-electron chi connectivity index (χ3n) is 4.05. The standard InChI is InChI=1S/C21H28N2O3/c1-17(2)15-21(25)23(16-19-9-6-14-26-19)13-11-20(24)22-12-10-18-7-4-3-5-8-18/h3-9,14,17H,10-13,15-16H2,1-2H3,(H,22,24). The van der Waals surface area contributed by atoms with E-state index in [4.69, 9.17) is 4.42 Å². The average molecular weight is 356 g/mol. The van der Waals surface area contributed by atoms with Crippen LogP contribution >= 0.6 is 0 Å². The van der Waals surface area contributed by atoms with Crippen LogP contribution in [0.3, 0.4) is 0 Å². The summed E-state index contributed by atoms with van der Waals surface area (Å²) in [5, 5.41) is 2.92. The first kappa shape index (κ1) is 19.8. The van der Waals surface area contributed by atoms with E-state index in [-0.39, 0.29) is 17.7 Å². The number of rotatable bonds is 10. The Morgan fingerprint density at radius 3 is 2.54 bits per heavy atom. The molecule has 0 radical (unpaired) electrons. The number of carbonyl (C=O) groups is 2. The molecule has 1 aromatic heterocycles. The van der Waals surface area contributed by atoms with Gasteiger partial charge in [-0.15, -0.1) is 0 Å². The Balaban J connectivity index is 1.79. The Morgan fingerprint density at radius 2 is 1.88 bits per heavy atom. The molecule has 1 aromatic carbocycles. The van der Waals surface area contributed by atoms with Crippen molar-refractivity contribution >= 4 is 11.8 Å². The quantitative estimate of drug-likeness (QED) is 0.710. The molecule has 26 heavy (non-hydrogen) atoms. The van der Waals surface area contributed by atoms with Gasteiger partial charge in [-0.3, -0.25) is 9.59 Å². The van der Waals surface area contributed by atoms with Crippen molar-refractivity contribution in [2.24, 2.45) is 5.92 Å². The summed E-state index contributed by atoms with van der Waals surface area (Å²) in [5.74, 6) is 1.02. The summed E-state index contributed by atoms with van der Waals surface area (Å²) in [7, 11) is 0. The Labute approximate surface area is 155 Å². The first-order valence-electron chi connectivity index (χ1n) is 9.15. The fourth-order valence-electron chi connectivity index (χ4n) is 2.68. The Hall–Kier alpha value is -2.56. The van der Waals surface area contributed by atoms with Gasteiger partial charge in [-0.05, 0) is 30.0 Å². The van der Waals surface area contributed by atoms with Gasteiger partial charge in [-0.1, -0.05) is 44.2 Å². The number of furan rings is 1. The minimum absolute atomic E-state index is 0.0391. The third kappa shape index (κ3) is 7.13. The summed E-state index contributed by atoms with van der Waals surface area (Å²) >= 11 is 0. The van der Waals surface area contributed by atoms with E-state index in [9.17, 15) is 9.59 Å². The van der Waals surface area contributed by atoms with Crippen LogP contribution in [0.4, 0.5) is 0 Å². The lowest BCUT2D eigenvalue weighted by Gasteiger charge is -2.22. The smallest absolute Gasteiger partial charge is 0.223 e. The molecule has 0 fully saturated rings. The van der Waals surface area contributed by atoms with Gasteiger partial charge >= 0.3 is 0 Å². The van der Waals surface area contributed by atoms with Crippen LogP contribution in [0.25, 0.3) is 0 Å². The van der Waals surface area contributed by atoms with Crippen molar-refractivity contribution in [3.63, 3.8) is 0 Å². The van der Waals surface area contributed by atoms with E-state index in [0.717, 1.165) is 12.2 Å². The number of nitrogens with zero attached hydrogens (tertiary/aromatic N) is 1. The lowest BCUT2D eigenvalue weighted by molar-refractivity contribution is -0.133. The molecule has 0 spiro atoms. The predicted molar refractivity (Wildman–Crippen MR) is 101 cm³/mol. The first-order valence-corrected chi connectivity index (χ1v) is 9.15. The Bertz CT molecular complexity index is 666. The van der Waals surface area contributed by atoms with E-state index in [1.54, 1.807) is 17.2 Å². The van der Waals surface area contributed by atoms with Crippen LogP contribution in [-0.4, -0.2) is 29.8 Å². The molecular formula is C21H28N2O3. The maximum Gasteiger partial charge on any atom is 0.223 e. The van der Waals surface area contributed by atoms with E-state index in [1.807, 2.05) is 50.2 Å². The summed E-state index contributed by atoms with van der Waals surface area (Å²) in [4.78, 5) is 26.3. The zero-order valence-electron chi connectivity index (χ0n) is 15.6. The van der Waals surface area contributed by atoms with E-state index in [2.05, 4.69) is 5.32 Å². The van der Waals surface area contributed by atoms with Gasteiger partial charge < -0.3 is 14.6 Å². The van der Waals surface area contributed by atoms with Crippen molar-refractivity contribution in [1.29, 1.82) is 0 Å². The SMILES string of the molecule is CC(C)CC(=O)N(CCC(=O)NCCc1ccccc1)Cc1ccco1. The summed E-state index contributed by atoms with van der Waals surface area (Å²) in [6, 6.07) is 13.7. The summed E-state index contributed by atoms with van der Waals surface area (Å²) in [5.41, 5.74) is 1.19. The van der Waals surface area contributed by atoms with Crippen molar-refractivity contribution < 1.29 is 14.0 Å². The van der Waals surface area contributed by atoms with E-state index in [1.165, 1.54) is 5.56 Å². The van der Waals surface area contributed by atoms with Gasteiger partial charge in [0.25, 0.3) is 0 Å². The molecular weight excluding hydrogens is 328 g/mol. The van der Waals surface area contributed by atoms with Crippen LogP contribution in [0, 0.1) is 5.92 Å². The fourth-order valence-corrected chi connectivity index (χ4v) is 2.68. The van der Waals surface area contributed by atoms with E-state index in [0.29, 0.717) is 32.5 Å². The van der Waals surface area contributed by atoms with Crippen LogP contribution in [0.15, 0.2) is 53.1 Å². The maximum atomic E-state index is 12.4. The highest BCUT2D eigenvalue weighted by Crippen LogP contribution is 2.11. The number of hydrogen-bond donors (Lipinski definition) is 1. The van der Waals surface area contributed by atoms with Crippen LogP contribution in [-0.2, 0) is 22.6 Å². The largest absolute Gasteiger partial charge is 0.467 e. The molecule has 0 saturated carbocycles. The van der Waals surface area contributed by atoms with Gasteiger partial charge in [0.2, 0.25) is 11.8 Å². The van der Waals surface area contributed by atoms with Crippen LogP contribution in [0.5, 0.6) is 0 Å². The molecule has 0 atom stereocenters. The molecule has 1 heterocycles. The summed E-state index contributed by atoms with van der Waals surface area (Å²) in [6.45, 7) is 5.42. The number of amides is 2. The zero-order chi connectivity index (χ0) is 18.8. The van der Waals surface area contributed by atoms with Gasteiger partial charge in [0.15, 0.2) is 0 Å². The van der Waals surface area contributed by atoms with Crippen molar-refractivity contribution in [3.05, 3.63) is 60.1 Å². The summed E-state index contributed by atoms with van der Waals surface area (Å²) in [6.07, 6.45) is 3.15. The number of hydrogen-bond acceptors (Lipinski definition) is 3. The highest BCUT2D eigenvalue weighted by atomic mass is 16.3. The Kier molecular flexibility index (Phi) is 7.93. The molecule has 0 aliphatic heterocycles. The first-order chi connectivity index (χ1) is 12.5. The monoisotopic (exact) mass is 356 g/mol. The number of carbonyl (C=O) groups excluding carboxylic acids is 2. The highest BCUT2D eigenvalue weighted by Gasteiger charge is 2.17. The lowest BCUT2D eigenvalue weighted by Crippen LogP contribution is -2.35. The van der Waals surface area contributed by atoms with Gasteiger partial charge in [-0.2, -0.15) is 0 Å². The molecule has 5 nitrogen and oxygen atoms in total. The van der Waals surface area contributed by atoms with Crippen LogP contribution in [0.2, 0.25) is 0 Å². The van der Waals surface area contributed by atoms with Crippen molar-refractivity contribution in [2.75, 3.05) is 13.1 Å². The van der Waals surface area contributed by atoms with E-state index >= 15 is 0 Å². The average Bonchev–Trinajstić information content (AvgIpc) is 3.12. The van der Waals surface area contributed by atoms with Crippen molar-refractivity contribution in [3.8, 4) is 0 Å². The molecule has 0 saturated heterocycles. The van der Waals surface area contributed by atoms with Crippen molar-refractivity contribution in [1.82, 2.24) is 10.2 Å². The lowest BCUT2D eigenvalue weighted by atomic mass is 10.1. The van der Waals surface area contributed by atoms with Gasteiger partial charge in [-0.25, -0.2) is 0 Å². The number of nitrogens with one attached hydrogen (secondary N) is 1. The van der Waals surface area contributed by atoms with Gasteiger partial charge in [0.05, 0.1) is 12.8 Å². The highest BCUT2D eigenvalue weighted by molar-refractivity contribution is 5.79. The summed E-state index contributed by atoms with van der Waals surface area (Å²) < 4.78 is 5.35. The molecule has 140 valence electrons. The second-order valence-corrected chi connectivity index (χ2v) is 6.83. The molecule has 0 aliphatic rings. The van der Waals surface area contributed by atoms with Crippen molar-refractivity contribution in [2.45, 2.75) is 39.7 Å². The van der Waals surface area contributed by atoms with Crippen LogP contribution < -0.4 is 5.32 Å². The molecule has 2 aromatic rings. The molecule has 1 N–H and O–H groups in total. The maximum absolute atomic E-state index is 12.4.